The molecule has 0 aliphatic carbocycles. The number of benzene rings is 1. The SMILES string of the molecule is COc1ccc(Br)cc1NC(=O)C(C)(C)C(N)=S. The highest BCUT2D eigenvalue weighted by atomic mass is 79.9. The summed E-state index contributed by atoms with van der Waals surface area (Å²) in [5, 5.41) is 2.76. The number of anilines is 1. The van der Waals surface area contributed by atoms with Crippen LogP contribution in [0.5, 0.6) is 5.75 Å². The van der Waals surface area contributed by atoms with Gasteiger partial charge in [0.2, 0.25) is 5.91 Å². The minimum absolute atomic E-state index is 0.147. The summed E-state index contributed by atoms with van der Waals surface area (Å²) in [6, 6.07) is 5.34. The lowest BCUT2D eigenvalue weighted by Crippen LogP contribution is -2.41. The first-order valence-corrected chi connectivity index (χ1v) is 6.44. The van der Waals surface area contributed by atoms with Crippen molar-refractivity contribution in [3.63, 3.8) is 0 Å². The number of nitrogens with two attached hydrogens (primary N) is 1. The fraction of sp³-hybridized carbons (Fsp3) is 0.333. The van der Waals surface area contributed by atoms with Crippen molar-refractivity contribution in [2.75, 3.05) is 12.4 Å². The lowest BCUT2D eigenvalue weighted by Gasteiger charge is -2.22. The van der Waals surface area contributed by atoms with Crippen LogP contribution in [-0.4, -0.2) is 18.0 Å². The topological polar surface area (TPSA) is 64.3 Å². The Morgan fingerprint density at radius 3 is 2.61 bits per heavy atom. The summed E-state index contributed by atoms with van der Waals surface area (Å²) in [5.41, 5.74) is 5.21. The molecule has 1 aromatic rings. The maximum absolute atomic E-state index is 12.1. The van der Waals surface area contributed by atoms with Gasteiger partial charge in [0, 0.05) is 4.47 Å². The summed E-state index contributed by atoms with van der Waals surface area (Å²) in [6.07, 6.45) is 0. The number of rotatable bonds is 4. The molecule has 0 unspecified atom stereocenters. The van der Waals surface area contributed by atoms with E-state index in [1.54, 1.807) is 26.0 Å². The Hall–Kier alpha value is -1.14. The number of halogens is 1. The molecule has 1 aromatic carbocycles. The van der Waals surface area contributed by atoms with Crippen LogP contribution in [0.4, 0.5) is 5.69 Å². The van der Waals surface area contributed by atoms with E-state index >= 15 is 0 Å². The van der Waals surface area contributed by atoms with Crippen LogP contribution in [0.1, 0.15) is 13.8 Å². The molecule has 4 nitrogen and oxygen atoms in total. The lowest BCUT2D eigenvalue weighted by atomic mass is 9.92. The average molecular weight is 331 g/mol. The van der Waals surface area contributed by atoms with E-state index in [9.17, 15) is 4.79 Å². The summed E-state index contributed by atoms with van der Waals surface area (Å²) in [4.78, 5) is 12.3. The van der Waals surface area contributed by atoms with Crippen molar-refractivity contribution in [3.8, 4) is 5.75 Å². The van der Waals surface area contributed by atoms with Crippen molar-refractivity contribution in [1.82, 2.24) is 0 Å². The zero-order valence-corrected chi connectivity index (χ0v) is 12.8. The number of methoxy groups -OCH3 is 1. The van der Waals surface area contributed by atoms with Crippen LogP contribution >= 0.6 is 28.1 Å². The molecule has 0 aromatic heterocycles. The molecule has 0 heterocycles. The third-order valence-corrected chi connectivity index (χ3v) is 3.60. The van der Waals surface area contributed by atoms with E-state index in [1.807, 2.05) is 6.07 Å². The second-order valence-electron chi connectivity index (χ2n) is 4.29. The fourth-order valence-electron chi connectivity index (χ4n) is 1.17. The van der Waals surface area contributed by atoms with E-state index in [0.29, 0.717) is 11.4 Å². The predicted molar refractivity (Wildman–Crippen MR) is 79.9 cm³/mol. The van der Waals surface area contributed by atoms with Crippen molar-refractivity contribution in [1.29, 1.82) is 0 Å². The van der Waals surface area contributed by atoms with Crippen LogP contribution in [0.2, 0.25) is 0 Å². The molecule has 6 heteroatoms. The second kappa shape index (κ2) is 5.67. The Kier molecular flexibility index (Phi) is 4.70. The summed E-state index contributed by atoms with van der Waals surface area (Å²) in [5.74, 6) is 0.302. The summed E-state index contributed by atoms with van der Waals surface area (Å²) in [6.45, 7) is 3.35. The van der Waals surface area contributed by atoms with Crippen LogP contribution in [0.3, 0.4) is 0 Å². The van der Waals surface area contributed by atoms with E-state index in [-0.39, 0.29) is 10.9 Å². The van der Waals surface area contributed by atoms with Gasteiger partial charge in [0.25, 0.3) is 0 Å². The molecule has 0 saturated carbocycles. The Morgan fingerprint density at radius 1 is 1.50 bits per heavy atom. The smallest absolute Gasteiger partial charge is 0.236 e. The molecule has 0 atom stereocenters. The standard InChI is InChI=1S/C12H15BrN2O2S/c1-12(2,10(14)18)11(16)15-8-6-7(13)4-5-9(8)17-3/h4-6H,1-3H3,(H2,14,18)(H,15,16). The third kappa shape index (κ3) is 3.20. The number of carbonyl (C=O) groups is 1. The molecular formula is C12H15BrN2O2S. The molecule has 0 radical (unpaired) electrons. The highest BCUT2D eigenvalue weighted by molar-refractivity contribution is 9.10. The van der Waals surface area contributed by atoms with Gasteiger partial charge < -0.3 is 15.8 Å². The number of thiocarbonyl (C=S) groups is 1. The molecule has 0 fully saturated rings. The molecule has 18 heavy (non-hydrogen) atoms. The minimum Gasteiger partial charge on any atom is -0.495 e. The molecule has 1 rings (SSSR count). The average Bonchev–Trinajstić information content (AvgIpc) is 2.29. The first-order chi connectivity index (χ1) is 8.28. The number of ether oxygens (including phenoxy) is 1. The zero-order chi connectivity index (χ0) is 13.9. The van der Waals surface area contributed by atoms with Crippen LogP contribution in [0, 0.1) is 5.41 Å². The summed E-state index contributed by atoms with van der Waals surface area (Å²) >= 11 is 8.23. The number of amides is 1. The van der Waals surface area contributed by atoms with Crippen LogP contribution in [-0.2, 0) is 4.79 Å². The quantitative estimate of drug-likeness (QED) is 0.833. The number of hydrogen-bond acceptors (Lipinski definition) is 3. The highest BCUT2D eigenvalue weighted by Gasteiger charge is 2.31. The van der Waals surface area contributed by atoms with Gasteiger partial charge in [0.05, 0.1) is 23.2 Å². The normalized spacial score (nSPS) is 10.9. The molecule has 3 N–H and O–H groups in total. The Labute approximate surface area is 120 Å². The van der Waals surface area contributed by atoms with Crippen molar-refractivity contribution in [2.45, 2.75) is 13.8 Å². The first kappa shape index (κ1) is 14.9. The van der Waals surface area contributed by atoms with E-state index in [4.69, 9.17) is 22.7 Å². The van der Waals surface area contributed by atoms with Gasteiger partial charge in [0.1, 0.15) is 5.75 Å². The van der Waals surface area contributed by atoms with Gasteiger partial charge in [0.15, 0.2) is 0 Å². The number of nitrogens with one attached hydrogen (secondary N) is 1. The molecule has 0 saturated heterocycles. The largest absolute Gasteiger partial charge is 0.495 e. The monoisotopic (exact) mass is 330 g/mol. The van der Waals surface area contributed by atoms with Crippen LogP contribution in [0.15, 0.2) is 22.7 Å². The second-order valence-corrected chi connectivity index (χ2v) is 5.64. The van der Waals surface area contributed by atoms with Gasteiger partial charge in [-0.2, -0.15) is 0 Å². The fourth-order valence-corrected chi connectivity index (χ4v) is 1.62. The number of carbonyl (C=O) groups excluding carboxylic acids is 1. The summed E-state index contributed by atoms with van der Waals surface area (Å²) in [7, 11) is 1.54. The Balaban J connectivity index is 3.01. The van der Waals surface area contributed by atoms with Crippen molar-refractivity contribution < 1.29 is 9.53 Å². The minimum atomic E-state index is -0.914. The molecular weight excluding hydrogens is 316 g/mol. The molecule has 0 aliphatic heterocycles. The highest BCUT2D eigenvalue weighted by Crippen LogP contribution is 2.29. The third-order valence-electron chi connectivity index (χ3n) is 2.59. The van der Waals surface area contributed by atoms with E-state index in [0.717, 1.165) is 4.47 Å². The molecule has 0 aliphatic rings. The van der Waals surface area contributed by atoms with Crippen molar-refractivity contribution in [3.05, 3.63) is 22.7 Å². The van der Waals surface area contributed by atoms with Crippen LogP contribution in [0.25, 0.3) is 0 Å². The predicted octanol–water partition coefficient (Wildman–Crippen LogP) is 2.71. The first-order valence-electron chi connectivity index (χ1n) is 5.24. The van der Waals surface area contributed by atoms with Crippen LogP contribution < -0.4 is 15.8 Å². The van der Waals surface area contributed by atoms with E-state index in [2.05, 4.69) is 21.2 Å². The number of hydrogen-bond donors (Lipinski definition) is 2. The maximum Gasteiger partial charge on any atom is 0.236 e. The Morgan fingerprint density at radius 2 is 2.11 bits per heavy atom. The van der Waals surface area contributed by atoms with Gasteiger partial charge >= 0.3 is 0 Å². The van der Waals surface area contributed by atoms with Gasteiger partial charge in [-0.1, -0.05) is 28.1 Å². The van der Waals surface area contributed by atoms with E-state index in [1.165, 1.54) is 7.11 Å². The maximum atomic E-state index is 12.1. The molecule has 98 valence electrons. The van der Waals surface area contributed by atoms with Gasteiger partial charge in [-0.15, -0.1) is 0 Å². The van der Waals surface area contributed by atoms with Crippen molar-refractivity contribution >= 4 is 44.7 Å². The molecule has 0 bridgehead atoms. The zero-order valence-electron chi connectivity index (χ0n) is 10.4. The lowest BCUT2D eigenvalue weighted by molar-refractivity contribution is -0.121. The molecule has 1 amide bonds. The molecule has 0 spiro atoms. The van der Waals surface area contributed by atoms with E-state index < -0.39 is 5.41 Å². The van der Waals surface area contributed by atoms with Gasteiger partial charge in [-0.05, 0) is 32.0 Å². The van der Waals surface area contributed by atoms with Gasteiger partial charge in [-0.3, -0.25) is 4.79 Å². The van der Waals surface area contributed by atoms with Crippen molar-refractivity contribution in [2.24, 2.45) is 11.1 Å². The van der Waals surface area contributed by atoms with Gasteiger partial charge in [-0.25, -0.2) is 0 Å². The Bertz CT molecular complexity index is 489. The summed E-state index contributed by atoms with van der Waals surface area (Å²) < 4.78 is 6.01.